The van der Waals surface area contributed by atoms with Gasteiger partial charge < -0.3 is 19.4 Å². The quantitative estimate of drug-likeness (QED) is 0.366. The molecule has 0 aliphatic rings. The molecule has 0 atom stereocenters. The zero-order valence-electron chi connectivity index (χ0n) is 12.0. The first-order valence-corrected chi connectivity index (χ1v) is 6.98. The Morgan fingerprint density at radius 1 is 1.09 bits per heavy atom. The van der Waals surface area contributed by atoms with Crippen molar-refractivity contribution in [1.29, 1.82) is 0 Å². The second-order valence-electron chi connectivity index (χ2n) is 4.27. The van der Waals surface area contributed by atoms with Crippen molar-refractivity contribution >= 4 is 17.8 Å². The van der Waals surface area contributed by atoms with Crippen LogP contribution in [0.5, 0.6) is 17.2 Å². The lowest BCUT2D eigenvalue weighted by Crippen LogP contribution is -2.10. The lowest BCUT2D eigenvalue weighted by atomic mass is 10.2. The Morgan fingerprint density at radius 3 is 2.50 bits per heavy atom. The zero-order valence-corrected chi connectivity index (χ0v) is 12.8. The highest BCUT2D eigenvalue weighted by Crippen LogP contribution is 2.30. The van der Waals surface area contributed by atoms with Crippen molar-refractivity contribution in [3.05, 3.63) is 53.1 Å². The zero-order chi connectivity index (χ0) is 15.8. The molecular formula is C16H16ClNO4. The molecule has 0 bridgehead atoms. The number of rotatable bonds is 7. The number of methoxy groups -OCH3 is 1. The molecule has 0 aliphatic carbocycles. The van der Waals surface area contributed by atoms with E-state index < -0.39 is 0 Å². The molecule has 0 saturated heterocycles. The van der Waals surface area contributed by atoms with E-state index in [0.717, 1.165) is 0 Å². The van der Waals surface area contributed by atoms with Gasteiger partial charge in [0.2, 0.25) is 0 Å². The molecule has 0 heterocycles. The lowest BCUT2D eigenvalue weighted by molar-refractivity contribution is 0.211. The van der Waals surface area contributed by atoms with Crippen LogP contribution in [0.25, 0.3) is 0 Å². The molecule has 0 fully saturated rings. The van der Waals surface area contributed by atoms with Crippen LogP contribution < -0.4 is 14.2 Å². The molecule has 0 aromatic heterocycles. The van der Waals surface area contributed by atoms with E-state index in [1.807, 2.05) is 0 Å². The number of hydrogen-bond acceptors (Lipinski definition) is 5. The second kappa shape index (κ2) is 8.14. The average molecular weight is 322 g/mol. The molecule has 0 radical (unpaired) electrons. The van der Waals surface area contributed by atoms with E-state index in [1.54, 1.807) is 49.6 Å². The van der Waals surface area contributed by atoms with Gasteiger partial charge in [-0.1, -0.05) is 22.8 Å². The third kappa shape index (κ3) is 4.30. The number of nitrogens with zero attached hydrogens (tertiary/aromatic N) is 1. The fourth-order valence-corrected chi connectivity index (χ4v) is 1.97. The Morgan fingerprint density at radius 2 is 1.82 bits per heavy atom. The minimum atomic E-state index is 0.315. The van der Waals surface area contributed by atoms with E-state index in [-0.39, 0.29) is 0 Å². The summed E-state index contributed by atoms with van der Waals surface area (Å²) >= 11 is 5.81. The maximum atomic E-state index is 8.69. The molecule has 0 saturated carbocycles. The van der Waals surface area contributed by atoms with E-state index in [0.29, 0.717) is 41.0 Å². The molecule has 5 nitrogen and oxygen atoms in total. The number of benzene rings is 2. The molecule has 0 unspecified atom stereocenters. The van der Waals surface area contributed by atoms with Gasteiger partial charge in [-0.15, -0.1) is 0 Å². The highest BCUT2D eigenvalue weighted by Gasteiger charge is 2.09. The summed E-state index contributed by atoms with van der Waals surface area (Å²) in [6.45, 7) is 0.671. The molecule has 0 amide bonds. The van der Waals surface area contributed by atoms with E-state index in [4.69, 9.17) is 31.0 Å². The molecule has 0 aliphatic heterocycles. The highest BCUT2D eigenvalue weighted by atomic mass is 35.5. The minimum Gasteiger partial charge on any atom is -0.493 e. The number of ether oxygens (including phenoxy) is 3. The summed E-state index contributed by atoms with van der Waals surface area (Å²) < 4.78 is 16.5. The second-order valence-corrected chi connectivity index (χ2v) is 4.71. The minimum absolute atomic E-state index is 0.315. The fourth-order valence-electron chi connectivity index (χ4n) is 1.85. The number of para-hydroxylation sites is 1. The van der Waals surface area contributed by atoms with Gasteiger partial charge >= 0.3 is 0 Å². The van der Waals surface area contributed by atoms with Crippen molar-refractivity contribution in [3.63, 3.8) is 0 Å². The molecule has 0 spiro atoms. The molecule has 6 heteroatoms. The molecule has 2 rings (SSSR count). The van der Waals surface area contributed by atoms with Gasteiger partial charge in [-0.25, -0.2) is 0 Å². The summed E-state index contributed by atoms with van der Waals surface area (Å²) in [5, 5.41) is 12.4. The van der Waals surface area contributed by atoms with E-state index in [1.165, 1.54) is 6.21 Å². The van der Waals surface area contributed by atoms with Gasteiger partial charge in [0.15, 0.2) is 11.5 Å². The summed E-state index contributed by atoms with van der Waals surface area (Å²) in [6, 6.07) is 12.4. The van der Waals surface area contributed by atoms with Gasteiger partial charge in [0.25, 0.3) is 0 Å². The topological polar surface area (TPSA) is 60.3 Å². The van der Waals surface area contributed by atoms with Gasteiger partial charge in [-0.05, 0) is 36.4 Å². The third-order valence-corrected chi connectivity index (χ3v) is 3.09. The van der Waals surface area contributed by atoms with Gasteiger partial charge in [-0.3, -0.25) is 0 Å². The summed E-state index contributed by atoms with van der Waals surface area (Å²) in [5.74, 6) is 1.77. The largest absolute Gasteiger partial charge is 0.493 e. The van der Waals surface area contributed by atoms with Crippen LogP contribution in [0.1, 0.15) is 5.56 Å². The Bertz CT molecular complexity index is 629. The first kappa shape index (κ1) is 16.0. The Kier molecular flexibility index (Phi) is 5.91. The smallest absolute Gasteiger partial charge is 0.170 e. The van der Waals surface area contributed by atoms with Crippen LogP contribution in [0, 0.1) is 0 Å². The van der Waals surface area contributed by atoms with Crippen molar-refractivity contribution < 1.29 is 19.4 Å². The summed E-state index contributed by atoms with van der Waals surface area (Å²) in [7, 11) is 1.55. The van der Waals surface area contributed by atoms with Crippen molar-refractivity contribution in [2.24, 2.45) is 5.16 Å². The molecule has 2 aromatic rings. The average Bonchev–Trinajstić information content (AvgIpc) is 2.54. The van der Waals surface area contributed by atoms with Crippen LogP contribution in [-0.4, -0.2) is 31.7 Å². The van der Waals surface area contributed by atoms with E-state index in [2.05, 4.69) is 5.16 Å². The Labute approximate surface area is 133 Å². The first-order valence-electron chi connectivity index (χ1n) is 6.60. The maximum absolute atomic E-state index is 8.69. The normalized spacial score (nSPS) is 10.6. The third-order valence-electron chi connectivity index (χ3n) is 2.84. The van der Waals surface area contributed by atoms with Crippen molar-refractivity contribution in [2.45, 2.75) is 0 Å². The Balaban J connectivity index is 1.94. The van der Waals surface area contributed by atoms with Crippen molar-refractivity contribution in [2.75, 3.05) is 20.3 Å². The first-order chi connectivity index (χ1) is 10.7. The van der Waals surface area contributed by atoms with Crippen LogP contribution in [-0.2, 0) is 0 Å². The van der Waals surface area contributed by atoms with Gasteiger partial charge in [0, 0.05) is 10.6 Å². The van der Waals surface area contributed by atoms with Crippen LogP contribution in [0.4, 0.5) is 0 Å². The monoisotopic (exact) mass is 321 g/mol. The molecule has 2 aromatic carbocycles. The standard InChI is InChI=1S/C16H16ClNO4/c1-20-15-4-2-3-12(11-18-19)16(15)22-10-9-21-14-7-5-13(17)6-8-14/h2-8,11,19H,9-10H2,1H3. The molecular weight excluding hydrogens is 306 g/mol. The number of hydrogen-bond donors (Lipinski definition) is 1. The van der Waals surface area contributed by atoms with Crippen LogP contribution in [0.15, 0.2) is 47.6 Å². The maximum Gasteiger partial charge on any atom is 0.170 e. The predicted octanol–water partition coefficient (Wildman–Crippen LogP) is 3.61. The summed E-state index contributed by atoms with van der Waals surface area (Å²) in [4.78, 5) is 0. The summed E-state index contributed by atoms with van der Waals surface area (Å²) in [5.41, 5.74) is 0.619. The van der Waals surface area contributed by atoms with Gasteiger partial charge in [0.1, 0.15) is 19.0 Å². The fraction of sp³-hybridized carbons (Fsp3) is 0.188. The van der Waals surface area contributed by atoms with Crippen molar-refractivity contribution in [3.8, 4) is 17.2 Å². The molecule has 22 heavy (non-hydrogen) atoms. The van der Waals surface area contributed by atoms with Gasteiger partial charge in [-0.2, -0.15) is 0 Å². The van der Waals surface area contributed by atoms with Crippen molar-refractivity contribution in [1.82, 2.24) is 0 Å². The molecule has 1 N–H and O–H groups in total. The van der Waals surface area contributed by atoms with E-state index >= 15 is 0 Å². The van der Waals surface area contributed by atoms with Crippen LogP contribution >= 0.6 is 11.6 Å². The van der Waals surface area contributed by atoms with Gasteiger partial charge in [0.05, 0.1) is 13.3 Å². The lowest BCUT2D eigenvalue weighted by Gasteiger charge is -2.13. The summed E-state index contributed by atoms with van der Waals surface area (Å²) in [6.07, 6.45) is 1.29. The van der Waals surface area contributed by atoms with Crippen LogP contribution in [0.3, 0.4) is 0 Å². The SMILES string of the molecule is COc1cccc(C=NO)c1OCCOc1ccc(Cl)cc1. The Hall–Kier alpha value is -2.40. The number of oxime groups is 1. The predicted molar refractivity (Wildman–Crippen MR) is 84.8 cm³/mol. The van der Waals surface area contributed by atoms with E-state index in [9.17, 15) is 0 Å². The molecule has 116 valence electrons. The number of halogens is 1. The van der Waals surface area contributed by atoms with Crippen LogP contribution in [0.2, 0.25) is 5.02 Å². The highest BCUT2D eigenvalue weighted by molar-refractivity contribution is 6.30.